The fourth-order valence-corrected chi connectivity index (χ4v) is 1.63. The van der Waals surface area contributed by atoms with E-state index in [-0.39, 0.29) is 11.4 Å². The number of ether oxygens (including phenoxy) is 1. The van der Waals surface area contributed by atoms with E-state index in [4.69, 9.17) is 4.74 Å². The first-order valence-corrected chi connectivity index (χ1v) is 6.56. The number of hydrogen-bond donors (Lipinski definition) is 1. The van der Waals surface area contributed by atoms with E-state index in [0.717, 1.165) is 5.56 Å². The molecule has 0 fully saturated rings. The van der Waals surface area contributed by atoms with Crippen molar-refractivity contribution in [1.82, 2.24) is 10.3 Å². The Morgan fingerprint density at radius 1 is 1.15 bits per heavy atom. The molecule has 0 atom stereocenters. The van der Waals surface area contributed by atoms with Crippen LogP contribution in [0.15, 0.2) is 42.6 Å². The quantitative estimate of drug-likeness (QED) is 0.918. The highest BCUT2D eigenvalue weighted by molar-refractivity contribution is 5.32. The average Bonchev–Trinajstić information content (AvgIpc) is 2.39. The largest absolute Gasteiger partial charge is 0.439 e. The SMILES string of the molecule is CC(C)(C)NCc1cccnc1Oc1ccc(F)cc1. The number of rotatable bonds is 4. The molecule has 1 heterocycles. The Morgan fingerprint density at radius 3 is 2.50 bits per heavy atom. The van der Waals surface area contributed by atoms with Crippen LogP contribution in [0, 0.1) is 5.82 Å². The van der Waals surface area contributed by atoms with Gasteiger partial charge < -0.3 is 10.1 Å². The summed E-state index contributed by atoms with van der Waals surface area (Å²) in [6.07, 6.45) is 1.68. The normalized spacial score (nSPS) is 11.4. The van der Waals surface area contributed by atoms with Crippen molar-refractivity contribution >= 4 is 0 Å². The molecular weight excluding hydrogens is 255 g/mol. The smallest absolute Gasteiger partial charge is 0.223 e. The molecule has 0 aliphatic rings. The third-order valence-corrected chi connectivity index (χ3v) is 2.69. The van der Waals surface area contributed by atoms with Gasteiger partial charge in [-0.05, 0) is 51.1 Å². The van der Waals surface area contributed by atoms with E-state index in [9.17, 15) is 4.39 Å². The molecule has 1 aromatic heterocycles. The molecular formula is C16H19FN2O. The van der Waals surface area contributed by atoms with Gasteiger partial charge in [0.05, 0.1) is 0 Å². The fraction of sp³-hybridized carbons (Fsp3) is 0.312. The van der Waals surface area contributed by atoms with E-state index in [0.29, 0.717) is 18.2 Å². The first-order valence-electron chi connectivity index (χ1n) is 6.56. The molecule has 0 amide bonds. The summed E-state index contributed by atoms with van der Waals surface area (Å²) in [5.41, 5.74) is 0.981. The van der Waals surface area contributed by atoms with Crippen LogP contribution in [0.25, 0.3) is 0 Å². The minimum Gasteiger partial charge on any atom is -0.439 e. The van der Waals surface area contributed by atoms with Crippen molar-refractivity contribution in [3.05, 3.63) is 54.0 Å². The van der Waals surface area contributed by atoms with Crippen molar-refractivity contribution in [3.8, 4) is 11.6 Å². The predicted molar refractivity (Wildman–Crippen MR) is 77.3 cm³/mol. The molecule has 0 aliphatic heterocycles. The van der Waals surface area contributed by atoms with Crippen molar-refractivity contribution in [2.24, 2.45) is 0 Å². The summed E-state index contributed by atoms with van der Waals surface area (Å²) in [6, 6.07) is 9.74. The van der Waals surface area contributed by atoms with Crippen LogP contribution in [0.3, 0.4) is 0 Å². The highest BCUT2D eigenvalue weighted by Crippen LogP contribution is 2.23. The molecule has 1 N–H and O–H groups in total. The first kappa shape index (κ1) is 14.5. The second-order valence-electron chi connectivity index (χ2n) is 5.63. The van der Waals surface area contributed by atoms with Crippen molar-refractivity contribution in [2.45, 2.75) is 32.9 Å². The number of halogens is 1. The summed E-state index contributed by atoms with van der Waals surface area (Å²) in [4.78, 5) is 4.24. The Labute approximate surface area is 118 Å². The molecule has 106 valence electrons. The van der Waals surface area contributed by atoms with Crippen molar-refractivity contribution in [2.75, 3.05) is 0 Å². The standard InChI is InChI=1S/C16H19FN2O/c1-16(2,3)19-11-12-5-4-10-18-15(12)20-14-8-6-13(17)7-9-14/h4-10,19H,11H2,1-3H3. The van der Waals surface area contributed by atoms with E-state index in [2.05, 4.69) is 31.1 Å². The maximum absolute atomic E-state index is 12.9. The van der Waals surface area contributed by atoms with Crippen LogP contribution in [0.5, 0.6) is 11.6 Å². The van der Waals surface area contributed by atoms with Gasteiger partial charge in [-0.2, -0.15) is 0 Å². The minimum absolute atomic E-state index is 0.0169. The Balaban J connectivity index is 2.13. The Hall–Kier alpha value is -1.94. The molecule has 0 bridgehead atoms. The third-order valence-electron chi connectivity index (χ3n) is 2.69. The second-order valence-corrected chi connectivity index (χ2v) is 5.63. The summed E-state index contributed by atoms with van der Waals surface area (Å²) < 4.78 is 18.6. The number of pyridine rings is 1. The molecule has 0 unspecified atom stereocenters. The molecule has 4 heteroatoms. The van der Waals surface area contributed by atoms with Crippen LogP contribution >= 0.6 is 0 Å². The number of hydrogen-bond acceptors (Lipinski definition) is 3. The Kier molecular flexibility index (Phi) is 4.35. The van der Waals surface area contributed by atoms with Gasteiger partial charge in [0.25, 0.3) is 0 Å². The van der Waals surface area contributed by atoms with Crippen LogP contribution in [-0.4, -0.2) is 10.5 Å². The molecule has 0 saturated carbocycles. The van der Waals surface area contributed by atoms with Gasteiger partial charge in [0.15, 0.2) is 0 Å². The van der Waals surface area contributed by atoms with Crippen LogP contribution in [0.1, 0.15) is 26.3 Å². The lowest BCUT2D eigenvalue weighted by atomic mass is 10.1. The first-order chi connectivity index (χ1) is 9.44. The summed E-state index contributed by atoms with van der Waals surface area (Å²) in [5.74, 6) is 0.825. The topological polar surface area (TPSA) is 34.2 Å². The number of aromatic nitrogens is 1. The zero-order valence-corrected chi connectivity index (χ0v) is 12.0. The van der Waals surface area contributed by atoms with Gasteiger partial charge in [-0.15, -0.1) is 0 Å². The number of nitrogens with one attached hydrogen (secondary N) is 1. The molecule has 1 aromatic carbocycles. The molecule has 0 spiro atoms. The maximum atomic E-state index is 12.9. The second kappa shape index (κ2) is 6.01. The van der Waals surface area contributed by atoms with Crippen LogP contribution < -0.4 is 10.1 Å². The monoisotopic (exact) mass is 274 g/mol. The fourth-order valence-electron chi connectivity index (χ4n) is 1.63. The summed E-state index contributed by atoms with van der Waals surface area (Å²) in [7, 11) is 0. The van der Waals surface area contributed by atoms with Crippen LogP contribution in [0.4, 0.5) is 4.39 Å². The Morgan fingerprint density at radius 2 is 1.85 bits per heavy atom. The lowest BCUT2D eigenvalue weighted by molar-refractivity contribution is 0.409. The zero-order valence-electron chi connectivity index (χ0n) is 12.0. The van der Waals surface area contributed by atoms with E-state index in [1.54, 1.807) is 18.3 Å². The number of nitrogens with zero attached hydrogens (tertiary/aromatic N) is 1. The summed E-state index contributed by atoms with van der Waals surface area (Å²) in [5, 5.41) is 3.39. The van der Waals surface area contributed by atoms with Crippen molar-refractivity contribution in [1.29, 1.82) is 0 Å². The molecule has 0 saturated heterocycles. The molecule has 0 radical (unpaired) electrons. The average molecular weight is 274 g/mol. The predicted octanol–water partition coefficient (Wildman–Crippen LogP) is 3.90. The van der Waals surface area contributed by atoms with E-state index < -0.39 is 0 Å². The highest BCUT2D eigenvalue weighted by Gasteiger charge is 2.12. The molecule has 20 heavy (non-hydrogen) atoms. The lowest BCUT2D eigenvalue weighted by Crippen LogP contribution is -2.35. The van der Waals surface area contributed by atoms with Crippen molar-refractivity contribution < 1.29 is 9.13 Å². The lowest BCUT2D eigenvalue weighted by Gasteiger charge is -2.21. The van der Waals surface area contributed by atoms with E-state index in [1.165, 1.54) is 12.1 Å². The number of benzene rings is 1. The van der Waals surface area contributed by atoms with E-state index >= 15 is 0 Å². The van der Waals surface area contributed by atoms with Gasteiger partial charge in [0.1, 0.15) is 11.6 Å². The molecule has 2 aromatic rings. The molecule has 3 nitrogen and oxygen atoms in total. The van der Waals surface area contributed by atoms with Gasteiger partial charge in [0, 0.05) is 23.8 Å². The van der Waals surface area contributed by atoms with Gasteiger partial charge >= 0.3 is 0 Å². The molecule has 2 rings (SSSR count). The van der Waals surface area contributed by atoms with Crippen LogP contribution in [-0.2, 0) is 6.54 Å². The Bertz CT molecular complexity index is 561. The van der Waals surface area contributed by atoms with Gasteiger partial charge in [-0.25, -0.2) is 9.37 Å². The maximum Gasteiger partial charge on any atom is 0.223 e. The van der Waals surface area contributed by atoms with Gasteiger partial charge in [-0.1, -0.05) is 6.07 Å². The van der Waals surface area contributed by atoms with Crippen LogP contribution in [0.2, 0.25) is 0 Å². The highest BCUT2D eigenvalue weighted by atomic mass is 19.1. The minimum atomic E-state index is -0.284. The summed E-state index contributed by atoms with van der Waals surface area (Å²) in [6.45, 7) is 6.96. The third kappa shape index (κ3) is 4.31. The van der Waals surface area contributed by atoms with E-state index in [1.807, 2.05) is 12.1 Å². The van der Waals surface area contributed by atoms with Gasteiger partial charge in [-0.3, -0.25) is 0 Å². The zero-order chi connectivity index (χ0) is 14.6. The van der Waals surface area contributed by atoms with Crippen molar-refractivity contribution in [3.63, 3.8) is 0 Å². The molecule has 0 aliphatic carbocycles. The summed E-state index contributed by atoms with van der Waals surface area (Å²) >= 11 is 0. The van der Waals surface area contributed by atoms with Gasteiger partial charge in [0.2, 0.25) is 5.88 Å².